The molecule has 27 heavy (non-hydrogen) atoms. The largest absolute Gasteiger partial charge is 0.356 e. The van der Waals surface area contributed by atoms with Gasteiger partial charge in [-0.05, 0) is 50.2 Å². The molecule has 2 bridgehead atoms. The van der Waals surface area contributed by atoms with Crippen molar-refractivity contribution < 1.29 is 4.79 Å². The normalized spacial score (nSPS) is 24.1. The predicted octanol–water partition coefficient (Wildman–Crippen LogP) is 3.05. The minimum Gasteiger partial charge on any atom is -0.356 e. The molecule has 2 atom stereocenters. The van der Waals surface area contributed by atoms with E-state index in [4.69, 9.17) is 0 Å². The molecule has 0 aliphatic carbocycles. The third-order valence-corrected chi connectivity index (χ3v) is 6.14. The first-order valence-electron chi connectivity index (χ1n) is 10.0. The Balaban J connectivity index is 0.00000261. The molecule has 2 unspecified atom stereocenters. The van der Waals surface area contributed by atoms with Crippen molar-refractivity contribution in [2.45, 2.75) is 82.6 Å². The highest BCUT2D eigenvalue weighted by Gasteiger charge is 2.34. The van der Waals surface area contributed by atoms with Gasteiger partial charge in [0.15, 0.2) is 5.16 Å². The standard InChI is InChI=1S/C19H33N5OS.ClH/c1-13(2)12-24-17(22-23-19(24)26-3)5-4-8-20-18(25)11-14-9-15-6-7-16(10-14)21-15;/h13-16,21H,4-12H2,1-3H3,(H,20,25);1H. The van der Waals surface area contributed by atoms with Crippen LogP contribution in [-0.2, 0) is 17.8 Å². The quantitative estimate of drug-likeness (QED) is 0.479. The fraction of sp³-hybridized carbons (Fsp3) is 0.842. The lowest BCUT2D eigenvalue weighted by Gasteiger charge is -2.28. The summed E-state index contributed by atoms with van der Waals surface area (Å²) in [6.07, 6.45) is 9.41. The molecule has 154 valence electrons. The fourth-order valence-corrected chi connectivity index (χ4v) is 4.88. The fourth-order valence-electron chi connectivity index (χ4n) is 4.35. The second-order valence-electron chi connectivity index (χ2n) is 8.24. The van der Waals surface area contributed by atoms with Crippen LogP contribution in [0.2, 0.25) is 0 Å². The van der Waals surface area contributed by atoms with Crippen LogP contribution in [0.15, 0.2) is 5.16 Å². The Bertz CT molecular complexity index is 597. The number of aryl methyl sites for hydroxylation is 1. The molecule has 8 heteroatoms. The van der Waals surface area contributed by atoms with Gasteiger partial charge in [-0.3, -0.25) is 4.79 Å². The average molecular weight is 416 g/mol. The maximum Gasteiger partial charge on any atom is 0.220 e. The monoisotopic (exact) mass is 415 g/mol. The lowest BCUT2D eigenvalue weighted by Crippen LogP contribution is -2.39. The van der Waals surface area contributed by atoms with Gasteiger partial charge in [-0.25, -0.2) is 0 Å². The van der Waals surface area contributed by atoms with E-state index in [-0.39, 0.29) is 18.3 Å². The molecule has 0 aromatic carbocycles. The number of nitrogens with zero attached hydrogens (tertiary/aromatic N) is 3. The van der Waals surface area contributed by atoms with E-state index in [1.807, 2.05) is 6.26 Å². The molecule has 3 rings (SSSR count). The van der Waals surface area contributed by atoms with Crippen molar-refractivity contribution in [3.63, 3.8) is 0 Å². The van der Waals surface area contributed by atoms with Crippen LogP contribution in [0.3, 0.4) is 0 Å². The topological polar surface area (TPSA) is 71.8 Å². The highest BCUT2D eigenvalue weighted by Crippen LogP contribution is 2.32. The zero-order chi connectivity index (χ0) is 18.5. The van der Waals surface area contributed by atoms with Crippen LogP contribution in [0, 0.1) is 11.8 Å². The lowest BCUT2D eigenvalue weighted by molar-refractivity contribution is -0.122. The SMILES string of the molecule is CSc1nnc(CCCNC(=O)CC2CC3CCC(C2)N3)n1CC(C)C.Cl. The summed E-state index contributed by atoms with van der Waals surface area (Å²) in [5, 5.41) is 16.4. The van der Waals surface area contributed by atoms with Crippen molar-refractivity contribution in [3.05, 3.63) is 5.82 Å². The molecule has 0 saturated carbocycles. The van der Waals surface area contributed by atoms with Gasteiger partial charge in [0.05, 0.1) is 0 Å². The Morgan fingerprint density at radius 1 is 1.30 bits per heavy atom. The molecule has 0 spiro atoms. The molecular formula is C19H34ClN5OS. The first-order chi connectivity index (χ1) is 12.5. The first kappa shape index (κ1) is 22.5. The van der Waals surface area contributed by atoms with E-state index < -0.39 is 0 Å². The third-order valence-electron chi connectivity index (χ3n) is 5.47. The Kier molecular flexibility index (Phi) is 8.89. The van der Waals surface area contributed by atoms with Gasteiger partial charge in [-0.2, -0.15) is 0 Å². The van der Waals surface area contributed by atoms with Crippen LogP contribution < -0.4 is 10.6 Å². The van der Waals surface area contributed by atoms with Gasteiger partial charge >= 0.3 is 0 Å². The zero-order valence-electron chi connectivity index (χ0n) is 16.7. The van der Waals surface area contributed by atoms with E-state index in [9.17, 15) is 4.79 Å². The average Bonchev–Trinajstić information content (AvgIpc) is 3.13. The van der Waals surface area contributed by atoms with Crippen molar-refractivity contribution in [1.29, 1.82) is 0 Å². The minimum atomic E-state index is 0. The van der Waals surface area contributed by atoms with Gasteiger partial charge < -0.3 is 15.2 Å². The maximum absolute atomic E-state index is 12.3. The summed E-state index contributed by atoms with van der Waals surface area (Å²) in [6.45, 7) is 6.09. The van der Waals surface area contributed by atoms with Crippen LogP contribution in [0.1, 0.15) is 58.2 Å². The molecular weight excluding hydrogens is 382 g/mol. The van der Waals surface area contributed by atoms with Crippen molar-refractivity contribution in [2.24, 2.45) is 11.8 Å². The zero-order valence-corrected chi connectivity index (χ0v) is 18.4. The number of amides is 1. The molecule has 1 amide bonds. The van der Waals surface area contributed by atoms with E-state index in [2.05, 4.69) is 39.2 Å². The lowest BCUT2D eigenvalue weighted by atomic mass is 9.89. The van der Waals surface area contributed by atoms with Crippen molar-refractivity contribution >= 4 is 30.1 Å². The number of nitrogens with one attached hydrogen (secondary N) is 2. The Hall–Kier alpha value is -0.790. The van der Waals surface area contributed by atoms with Crippen molar-refractivity contribution in [1.82, 2.24) is 25.4 Å². The summed E-state index contributed by atoms with van der Waals surface area (Å²) < 4.78 is 2.22. The van der Waals surface area contributed by atoms with Crippen LogP contribution >= 0.6 is 24.2 Å². The number of halogens is 1. The molecule has 1 aromatic rings. The number of rotatable bonds is 9. The molecule has 0 radical (unpaired) electrons. The Morgan fingerprint density at radius 2 is 2.00 bits per heavy atom. The summed E-state index contributed by atoms with van der Waals surface area (Å²) in [4.78, 5) is 12.3. The van der Waals surface area contributed by atoms with Gasteiger partial charge in [0.2, 0.25) is 5.91 Å². The number of hydrogen-bond donors (Lipinski definition) is 2. The van der Waals surface area contributed by atoms with Crippen molar-refractivity contribution in [3.8, 4) is 0 Å². The summed E-state index contributed by atoms with van der Waals surface area (Å²) in [6, 6.07) is 1.31. The van der Waals surface area contributed by atoms with E-state index in [0.29, 0.717) is 30.3 Å². The number of carbonyl (C=O) groups is 1. The summed E-state index contributed by atoms with van der Waals surface area (Å²) in [5.41, 5.74) is 0. The number of aromatic nitrogens is 3. The second kappa shape index (κ2) is 10.7. The molecule has 2 N–H and O–H groups in total. The number of carbonyl (C=O) groups excluding carboxylic acids is 1. The molecule has 3 heterocycles. The second-order valence-corrected chi connectivity index (χ2v) is 9.01. The Morgan fingerprint density at radius 3 is 2.63 bits per heavy atom. The highest BCUT2D eigenvalue weighted by atomic mass is 35.5. The summed E-state index contributed by atoms with van der Waals surface area (Å²) >= 11 is 1.64. The number of piperidine rings is 1. The minimum absolute atomic E-state index is 0. The number of hydrogen-bond acceptors (Lipinski definition) is 5. The number of thioether (sulfide) groups is 1. The van der Waals surface area contributed by atoms with Crippen LogP contribution in [0.4, 0.5) is 0 Å². The Labute approximate surface area is 173 Å². The highest BCUT2D eigenvalue weighted by molar-refractivity contribution is 7.98. The van der Waals surface area contributed by atoms with E-state index in [0.717, 1.165) is 36.9 Å². The van der Waals surface area contributed by atoms with Crippen LogP contribution in [0.5, 0.6) is 0 Å². The van der Waals surface area contributed by atoms with Crippen LogP contribution in [-0.4, -0.2) is 45.6 Å². The van der Waals surface area contributed by atoms with Crippen molar-refractivity contribution in [2.75, 3.05) is 12.8 Å². The summed E-state index contributed by atoms with van der Waals surface area (Å²) in [7, 11) is 0. The van der Waals surface area contributed by atoms with Gasteiger partial charge in [-0.15, -0.1) is 22.6 Å². The predicted molar refractivity (Wildman–Crippen MR) is 113 cm³/mol. The van der Waals surface area contributed by atoms with Crippen LogP contribution in [0.25, 0.3) is 0 Å². The maximum atomic E-state index is 12.3. The van der Waals surface area contributed by atoms with E-state index in [1.165, 1.54) is 25.7 Å². The van der Waals surface area contributed by atoms with Gasteiger partial charge in [0.1, 0.15) is 5.82 Å². The number of fused-ring (bicyclic) bond motifs is 2. The molecule has 1 aromatic heterocycles. The molecule has 2 aliphatic rings. The third kappa shape index (κ3) is 6.36. The smallest absolute Gasteiger partial charge is 0.220 e. The molecule has 2 saturated heterocycles. The molecule has 6 nitrogen and oxygen atoms in total. The van der Waals surface area contributed by atoms with Gasteiger partial charge in [-0.1, -0.05) is 25.6 Å². The first-order valence-corrected chi connectivity index (χ1v) is 11.3. The van der Waals surface area contributed by atoms with Gasteiger partial charge in [0.25, 0.3) is 0 Å². The molecule has 2 fully saturated rings. The molecule has 2 aliphatic heterocycles. The van der Waals surface area contributed by atoms with E-state index >= 15 is 0 Å². The summed E-state index contributed by atoms with van der Waals surface area (Å²) in [5.74, 6) is 2.37. The van der Waals surface area contributed by atoms with E-state index in [1.54, 1.807) is 11.8 Å². The van der Waals surface area contributed by atoms with Gasteiger partial charge in [0, 0.05) is 38.0 Å².